The molecule has 158 valence electrons. The minimum absolute atomic E-state index is 0.0127. The third-order valence-electron chi connectivity index (χ3n) is 4.15. The molecule has 2 rings (SSSR count). The standard InChI is InChI=1S/C21H23ClF3NO3/c1-20(2,3)9-16(27)14-6-7-17(18(19(14)28)21(23,24)25)29-11-13-5-4-12(10-26)8-15(13)22/h4-8,28H,9-11,26H2,1-3H3. The van der Waals surface area contributed by atoms with E-state index in [4.69, 9.17) is 22.1 Å². The Balaban J connectivity index is 2.37. The first-order chi connectivity index (χ1) is 13.3. The largest absolute Gasteiger partial charge is 0.506 e. The van der Waals surface area contributed by atoms with Crippen LogP contribution in [0.2, 0.25) is 5.02 Å². The van der Waals surface area contributed by atoms with E-state index in [0.717, 1.165) is 17.7 Å². The predicted molar refractivity (Wildman–Crippen MR) is 105 cm³/mol. The summed E-state index contributed by atoms with van der Waals surface area (Å²) in [5.74, 6) is -2.29. The lowest BCUT2D eigenvalue weighted by molar-refractivity contribution is -0.140. The summed E-state index contributed by atoms with van der Waals surface area (Å²) in [6.45, 7) is 5.37. The van der Waals surface area contributed by atoms with Crippen LogP contribution in [0.25, 0.3) is 0 Å². The Kier molecular flexibility index (Phi) is 6.86. The van der Waals surface area contributed by atoms with E-state index < -0.39 is 34.4 Å². The molecule has 0 heterocycles. The molecule has 4 nitrogen and oxygen atoms in total. The second-order valence-electron chi connectivity index (χ2n) is 7.91. The van der Waals surface area contributed by atoms with E-state index in [1.807, 2.05) is 0 Å². The van der Waals surface area contributed by atoms with Gasteiger partial charge in [0.25, 0.3) is 0 Å². The van der Waals surface area contributed by atoms with Crippen molar-refractivity contribution in [2.24, 2.45) is 11.1 Å². The quantitative estimate of drug-likeness (QED) is 0.576. The number of aromatic hydroxyl groups is 1. The first-order valence-corrected chi connectivity index (χ1v) is 9.28. The Hall–Kier alpha value is -2.25. The van der Waals surface area contributed by atoms with Gasteiger partial charge < -0.3 is 15.6 Å². The molecule has 0 atom stereocenters. The number of rotatable bonds is 6. The number of halogens is 4. The number of benzene rings is 2. The van der Waals surface area contributed by atoms with Gasteiger partial charge in [0.05, 0.1) is 5.56 Å². The van der Waals surface area contributed by atoms with Gasteiger partial charge in [0.1, 0.15) is 23.7 Å². The number of alkyl halides is 3. The number of carbonyl (C=O) groups is 1. The van der Waals surface area contributed by atoms with Crippen molar-refractivity contribution in [3.8, 4) is 11.5 Å². The molecular formula is C21H23ClF3NO3. The fourth-order valence-corrected chi connectivity index (χ4v) is 3.02. The van der Waals surface area contributed by atoms with E-state index in [-0.39, 0.29) is 25.1 Å². The van der Waals surface area contributed by atoms with Crippen LogP contribution in [0.1, 0.15) is 54.2 Å². The number of Topliss-reactive ketones (excluding diaryl/α,β-unsaturated/α-hetero) is 1. The molecule has 0 aliphatic carbocycles. The highest BCUT2D eigenvalue weighted by Crippen LogP contribution is 2.44. The second kappa shape index (κ2) is 8.63. The van der Waals surface area contributed by atoms with E-state index in [2.05, 4.69) is 0 Å². The van der Waals surface area contributed by atoms with E-state index in [0.29, 0.717) is 10.6 Å². The smallest absolute Gasteiger partial charge is 0.423 e. The van der Waals surface area contributed by atoms with Crippen LogP contribution in [0.5, 0.6) is 11.5 Å². The number of nitrogens with two attached hydrogens (primary N) is 1. The normalized spacial score (nSPS) is 12.1. The number of carbonyl (C=O) groups excluding carboxylic acids is 1. The molecule has 0 bridgehead atoms. The van der Waals surface area contributed by atoms with E-state index >= 15 is 0 Å². The molecule has 0 spiro atoms. The number of ether oxygens (including phenoxy) is 1. The summed E-state index contributed by atoms with van der Waals surface area (Å²) in [7, 11) is 0. The lowest BCUT2D eigenvalue weighted by Crippen LogP contribution is -2.16. The van der Waals surface area contributed by atoms with Crippen LogP contribution in [0.3, 0.4) is 0 Å². The van der Waals surface area contributed by atoms with Gasteiger partial charge in [0, 0.05) is 23.6 Å². The summed E-state index contributed by atoms with van der Waals surface area (Å²) < 4.78 is 46.1. The van der Waals surface area contributed by atoms with Gasteiger partial charge in [0.2, 0.25) is 0 Å². The van der Waals surface area contributed by atoms with Crippen molar-refractivity contribution in [1.82, 2.24) is 0 Å². The summed E-state index contributed by atoms with van der Waals surface area (Å²) in [5.41, 5.74) is 4.55. The first-order valence-electron chi connectivity index (χ1n) is 8.90. The minimum atomic E-state index is -4.91. The monoisotopic (exact) mass is 429 g/mol. The molecule has 0 unspecified atom stereocenters. The number of ketones is 1. The Labute approximate surface area is 172 Å². The molecule has 2 aromatic rings. The molecule has 2 aromatic carbocycles. The van der Waals surface area contributed by atoms with E-state index in [1.165, 1.54) is 0 Å². The first kappa shape index (κ1) is 23.0. The Morgan fingerprint density at radius 1 is 1.17 bits per heavy atom. The van der Waals surface area contributed by atoms with Crippen LogP contribution >= 0.6 is 11.6 Å². The summed E-state index contributed by atoms with van der Waals surface area (Å²) >= 11 is 6.11. The molecule has 0 aliphatic heterocycles. The lowest BCUT2D eigenvalue weighted by Gasteiger charge is -2.20. The number of hydrogen-bond donors (Lipinski definition) is 2. The Morgan fingerprint density at radius 3 is 2.34 bits per heavy atom. The summed E-state index contributed by atoms with van der Waals surface area (Å²) in [4.78, 5) is 12.4. The van der Waals surface area contributed by atoms with Gasteiger partial charge in [-0.2, -0.15) is 13.2 Å². The molecule has 8 heteroatoms. The maximum atomic E-state index is 13.6. The van der Waals surface area contributed by atoms with E-state index in [1.54, 1.807) is 39.0 Å². The Morgan fingerprint density at radius 2 is 1.83 bits per heavy atom. The van der Waals surface area contributed by atoms with Crippen molar-refractivity contribution in [2.75, 3.05) is 0 Å². The van der Waals surface area contributed by atoms with Crippen LogP contribution < -0.4 is 10.5 Å². The summed E-state index contributed by atoms with van der Waals surface area (Å²) in [6, 6.07) is 7.10. The zero-order valence-electron chi connectivity index (χ0n) is 16.4. The average molecular weight is 430 g/mol. The number of phenols is 1. The van der Waals surface area contributed by atoms with E-state index in [9.17, 15) is 23.1 Å². The molecule has 0 aromatic heterocycles. The zero-order valence-corrected chi connectivity index (χ0v) is 17.1. The highest BCUT2D eigenvalue weighted by molar-refractivity contribution is 6.31. The molecule has 0 saturated carbocycles. The Bertz CT molecular complexity index is 905. The molecule has 3 N–H and O–H groups in total. The molecule has 0 fully saturated rings. The van der Waals surface area contributed by atoms with Crippen molar-refractivity contribution in [1.29, 1.82) is 0 Å². The van der Waals surface area contributed by atoms with Gasteiger partial charge in [-0.05, 0) is 29.2 Å². The van der Waals surface area contributed by atoms with Gasteiger partial charge in [0.15, 0.2) is 5.78 Å². The van der Waals surface area contributed by atoms with Gasteiger partial charge in [-0.15, -0.1) is 0 Å². The fourth-order valence-electron chi connectivity index (χ4n) is 2.76. The van der Waals surface area contributed by atoms with Crippen molar-refractivity contribution in [2.45, 2.75) is 46.5 Å². The van der Waals surface area contributed by atoms with Crippen LogP contribution in [0.15, 0.2) is 30.3 Å². The molecular weight excluding hydrogens is 407 g/mol. The highest BCUT2D eigenvalue weighted by Gasteiger charge is 2.40. The molecule has 0 radical (unpaired) electrons. The molecule has 29 heavy (non-hydrogen) atoms. The number of hydrogen-bond acceptors (Lipinski definition) is 4. The van der Waals surface area contributed by atoms with Crippen molar-refractivity contribution in [3.05, 3.63) is 57.6 Å². The average Bonchev–Trinajstić information content (AvgIpc) is 2.57. The fraction of sp³-hybridized carbons (Fsp3) is 0.381. The van der Waals surface area contributed by atoms with Gasteiger partial charge >= 0.3 is 6.18 Å². The molecule has 0 saturated heterocycles. The highest BCUT2D eigenvalue weighted by atomic mass is 35.5. The summed E-state index contributed by atoms with van der Waals surface area (Å²) in [5, 5.41) is 10.5. The third-order valence-corrected chi connectivity index (χ3v) is 4.50. The molecule has 0 aliphatic rings. The van der Waals surface area contributed by atoms with Crippen LogP contribution in [-0.2, 0) is 19.3 Å². The van der Waals surface area contributed by atoms with Crippen LogP contribution in [0.4, 0.5) is 13.2 Å². The maximum absolute atomic E-state index is 13.6. The SMILES string of the molecule is CC(C)(C)CC(=O)c1ccc(OCc2ccc(CN)cc2Cl)c(C(F)(F)F)c1O. The molecule has 0 amide bonds. The second-order valence-corrected chi connectivity index (χ2v) is 8.32. The predicted octanol–water partition coefficient (Wildman–Crippen LogP) is 5.72. The van der Waals surface area contributed by atoms with Crippen molar-refractivity contribution >= 4 is 17.4 Å². The minimum Gasteiger partial charge on any atom is -0.506 e. The van der Waals surface area contributed by atoms with Crippen molar-refractivity contribution in [3.63, 3.8) is 0 Å². The summed E-state index contributed by atoms with van der Waals surface area (Å²) in [6.07, 6.45) is -4.92. The van der Waals surface area contributed by atoms with Gasteiger partial charge in [-0.25, -0.2) is 0 Å². The topological polar surface area (TPSA) is 72.5 Å². The van der Waals surface area contributed by atoms with Gasteiger partial charge in [-0.3, -0.25) is 4.79 Å². The van der Waals surface area contributed by atoms with Crippen LogP contribution in [0, 0.1) is 5.41 Å². The van der Waals surface area contributed by atoms with Gasteiger partial charge in [-0.1, -0.05) is 44.5 Å². The van der Waals surface area contributed by atoms with Crippen LogP contribution in [-0.4, -0.2) is 10.9 Å². The van der Waals surface area contributed by atoms with Crippen molar-refractivity contribution < 1.29 is 27.8 Å². The third kappa shape index (κ3) is 5.87. The maximum Gasteiger partial charge on any atom is 0.423 e. The number of phenolic OH excluding ortho intramolecular Hbond substituents is 1. The lowest BCUT2D eigenvalue weighted by atomic mass is 9.87. The zero-order chi connectivity index (χ0) is 22.0.